The highest BCUT2D eigenvalue weighted by atomic mass is 19.4. The number of nitrogens with one attached hydrogen (secondary N) is 2. The fourth-order valence-corrected chi connectivity index (χ4v) is 3.44. The van der Waals surface area contributed by atoms with E-state index in [0.29, 0.717) is 25.9 Å². The molecule has 6 nitrogen and oxygen atoms in total. The highest BCUT2D eigenvalue weighted by Gasteiger charge is 2.35. The van der Waals surface area contributed by atoms with Gasteiger partial charge in [-0.2, -0.15) is 18.2 Å². The summed E-state index contributed by atoms with van der Waals surface area (Å²) in [5, 5.41) is 5.80. The van der Waals surface area contributed by atoms with Crippen LogP contribution >= 0.6 is 0 Å². The SMILES string of the molecule is CC(C)c1ccccc1Nc1ncc(C(F)(F)F)c(NCCCN2CCCC2=O)n1. The molecule has 1 aromatic carbocycles. The third-order valence-corrected chi connectivity index (χ3v) is 4.99. The normalized spacial score (nSPS) is 14.5. The van der Waals surface area contributed by atoms with Gasteiger partial charge >= 0.3 is 6.18 Å². The van der Waals surface area contributed by atoms with E-state index in [2.05, 4.69) is 20.6 Å². The number of likely N-dealkylation sites (tertiary alicyclic amines) is 1. The summed E-state index contributed by atoms with van der Waals surface area (Å²) in [5.74, 6) is 0.153. The summed E-state index contributed by atoms with van der Waals surface area (Å²) in [7, 11) is 0. The van der Waals surface area contributed by atoms with E-state index in [1.165, 1.54) is 0 Å². The molecule has 0 atom stereocenters. The summed E-state index contributed by atoms with van der Waals surface area (Å²) in [6.45, 7) is 5.57. The van der Waals surface area contributed by atoms with E-state index in [1.54, 1.807) is 4.90 Å². The number of aromatic nitrogens is 2. The number of halogens is 3. The molecule has 1 fully saturated rings. The molecule has 1 aliphatic rings. The number of para-hydroxylation sites is 1. The molecule has 3 rings (SSSR count). The van der Waals surface area contributed by atoms with Crippen molar-refractivity contribution >= 4 is 23.4 Å². The second-order valence-electron chi connectivity index (χ2n) is 7.59. The molecular formula is C21H26F3N5O. The van der Waals surface area contributed by atoms with Crippen LogP contribution in [-0.2, 0) is 11.0 Å². The number of anilines is 3. The highest BCUT2D eigenvalue weighted by molar-refractivity contribution is 5.78. The van der Waals surface area contributed by atoms with E-state index in [0.717, 1.165) is 23.9 Å². The third kappa shape index (κ3) is 5.40. The molecule has 9 heteroatoms. The van der Waals surface area contributed by atoms with Gasteiger partial charge < -0.3 is 15.5 Å². The van der Waals surface area contributed by atoms with E-state index >= 15 is 0 Å². The van der Waals surface area contributed by atoms with Gasteiger partial charge in [-0.3, -0.25) is 4.79 Å². The molecular weight excluding hydrogens is 395 g/mol. The van der Waals surface area contributed by atoms with E-state index in [-0.39, 0.29) is 30.1 Å². The Balaban J connectivity index is 1.73. The first-order valence-electron chi connectivity index (χ1n) is 10.1. The molecule has 2 aromatic rings. The average Bonchev–Trinajstić information content (AvgIpc) is 3.09. The van der Waals surface area contributed by atoms with Crippen molar-refractivity contribution in [2.75, 3.05) is 30.3 Å². The zero-order valence-corrected chi connectivity index (χ0v) is 17.1. The monoisotopic (exact) mass is 421 g/mol. The predicted molar refractivity (Wildman–Crippen MR) is 110 cm³/mol. The number of nitrogens with zero attached hydrogens (tertiary/aromatic N) is 3. The number of rotatable bonds is 8. The Morgan fingerprint density at radius 1 is 1.23 bits per heavy atom. The molecule has 0 bridgehead atoms. The number of alkyl halides is 3. The van der Waals surface area contributed by atoms with Gasteiger partial charge in [-0.05, 0) is 30.4 Å². The summed E-state index contributed by atoms with van der Waals surface area (Å²) in [4.78, 5) is 21.3. The Bertz CT molecular complexity index is 885. The Hall–Kier alpha value is -2.84. The first-order chi connectivity index (χ1) is 14.3. The summed E-state index contributed by atoms with van der Waals surface area (Å²) in [6.07, 6.45) is -1.86. The molecule has 162 valence electrons. The van der Waals surface area contributed by atoms with Crippen molar-refractivity contribution < 1.29 is 18.0 Å². The van der Waals surface area contributed by atoms with Crippen LogP contribution in [0, 0.1) is 0 Å². The molecule has 0 radical (unpaired) electrons. The van der Waals surface area contributed by atoms with Crippen LogP contribution in [0.4, 0.5) is 30.6 Å². The maximum Gasteiger partial charge on any atom is 0.421 e. The minimum Gasteiger partial charge on any atom is -0.369 e. The fraction of sp³-hybridized carbons (Fsp3) is 0.476. The average molecular weight is 421 g/mol. The third-order valence-electron chi connectivity index (χ3n) is 4.99. The lowest BCUT2D eigenvalue weighted by molar-refractivity contribution is -0.137. The zero-order valence-electron chi connectivity index (χ0n) is 17.1. The van der Waals surface area contributed by atoms with Gasteiger partial charge in [0.2, 0.25) is 11.9 Å². The Labute approximate surface area is 173 Å². The number of hydrogen-bond donors (Lipinski definition) is 2. The summed E-state index contributed by atoms with van der Waals surface area (Å²) in [6, 6.07) is 7.55. The Morgan fingerprint density at radius 2 is 2.00 bits per heavy atom. The van der Waals surface area contributed by atoms with Crippen LogP contribution in [0.5, 0.6) is 0 Å². The number of hydrogen-bond acceptors (Lipinski definition) is 5. The minimum absolute atomic E-state index is 0.0910. The maximum absolute atomic E-state index is 13.4. The van der Waals surface area contributed by atoms with Crippen molar-refractivity contribution in [2.24, 2.45) is 0 Å². The number of carbonyl (C=O) groups excluding carboxylic acids is 1. The minimum atomic E-state index is -4.57. The molecule has 2 N–H and O–H groups in total. The molecule has 1 aromatic heterocycles. The molecule has 0 unspecified atom stereocenters. The maximum atomic E-state index is 13.4. The van der Waals surface area contributed by atoms with Crippen molar-refractivity contribution in [3.63, 3.8) is 0 Å². The second kappa shape index (κ2) is 9.32. The van der Waals surface area contributed by atoms with Crippen molar-refractivity contribution in [3.8, 4) is 0 Å². The Morgan fingerprint density at radius 3 is 2.67 bits per heavy atom. The molecule has 0 saturated carbocycles. The van der Waals surface area contributed by atoms with Crippen LogP contribution in [0.2, 0.25) is 0 Å². The van der Waals surface area contributed by atoms with Crippen molar-refractivity contribution in [2.45, 2.75) is 45.2 Å². The first-order valence-corrected chi connectivity index (χ1v) is 10.1. The van der Waals surface area contributed by atoms with Gasteiger partial charge in [0, 0.05) is 37.9 Å². The molecule has 30 heavy (non-hydrogen) atoms. The number of amides is 1. The molecule has 1 saturated heterocycles. The number of benzene rings is 1. The zero-order chi connectivity index (χ0) is 21.7. The highest BCUT2D eigenvalue weighted by Crippen LogP contribution is 2.34. The molecule has 1 aliphatic heterocycles. The van der Waals surface area contributed by atoms with E-state index < -0.39 is 11.7 Å². The van der Waals surface area contributed by atoms with Gasteiger partial charge in [0.05, 0.1) is 0 Å². The summed E-state index contributed by atoms with van der Waals surface area (Å²) >= 11 is 0. The lowest BCUT2D eigenvalue weighted by Crippen LogP contribution is -2.27. The van der Waals surface area contributed by atoms with E-state index in [9.17, 15) is 18.0 Å². The van der Waals surface area contributed by atoms with Crippen molar-refractivity contribution in [3.05, 3.63) is 41.6 Å². The molecule has 0 aliphatic carbocycles. The summed E-state index contributed by atoms with van der Waals surface area (Å²) in [5.41, 5.74) is 0.860. The standard InChI is InChI=1S/C21H26F3N5O/c1-14(2)15-7-3-4-8-17(15)27-20-26-13-16(21(22,23)24)19(28-20)25-10-6-12-29-11-5-9-18(29)30/h3-4,7-8,13-14H,5-6,9-12H2,1-2H3,(H2,25,26,27,28). The van der Waals surface area contributed by atoms with Gasteiger partial charge in [-0.25, -0.2) is 4.98 Å². The lowest BCUT2D eigenvalue weighted by Gasteiger charge is -2.18. The van der Waals surface area contributed by atoms with Gasteiger partial charge in [0.1, 0.15) is 11.4 Å². The second-order valence-corrected chi connectivity index (χ2v) is 7.59. The van der Waals surface area contributed by atoms with Gasteiger partial charge in [-0.1, -0.05) is 32.0 Å². The van der Waals surface area contributed by atoms with Crippen LogP contribution in [-0.4, -0.2) is 40.4 Å². The predicted octanol–water partition coefficient (Wildman–Crippen LogP) is 4.79. The van der Waals surface area contributed by atoms with Gasteiger partial charge in [0.15, 0.2) is 0 Å². The molecule has 2 heterocycles. The topological polar surface area (TPSA) is 70.2 Å². The van der Waals surface area contributed by atoms with Crippen LogP contribution in [0.1, 0.15) is 50.2 Å². The van der Waals surface area contributed by atoms with Gasteiger partial charge in [-0.15, -0.1) is 0 Å². The number of carbonyl (C=O) groups is 1. The lowest BCUT2D eigenvalue weighted by atomic mass is 10.0. The molecule has 1 amide bonds. The smallest absolute Gasteiger partial charge is 0.369 e. The summed E-state index contributed by atoms with van der Waals surface area (Å²) < 4.78 is 40.2. The van der Waals surface area contributed by atoms with E-state index in [4.69, 9.17) is 0 Å². The van der Waals surface area contributed by atoms with Crippen molar-refractivity contribution in [1.29, 1.82) is 0 Å². The van der Waals surface area contributed by atoms with Gasteiger partial charge in [0.25, 0.3) is 0 Å². The Kier molecular flexibility index (Phi) is 6.79. The van der Waals surface area contributed by atoms with Crippen LogP contribution in [0.3, 0.4) is 0 Å². The van der Waals surface area contributed by atoms with Crippen LogP contribution < -0.4 is 10.6 Å². The quantitative estimate of drug-likeness (QED) is 0.600. The van der Waals surface area contributed by atoms with E-state index in [1.807, 2.05) is 38.1 Å². The largest absolute Gasteiger partial charge is 0.421 e. The fourth-order valence-electron chi connectivity index (χ4n) is 3.44. The first kappa shape index (κ1) is 21.9. The van der Waals surface area contributed by atoms with Crippen LogP contribution in [0.25, 0.3) is 0 Å². The van der Waals surface area contributed by atoms with Crippen molar-refractivity contribution in [1.82, 2.24) is 14.9 Å². The molecule has 0 spiro atoms. The van der Waals surface area contributed by atoms with Crippen LogP contribution in [0.15, 0.2) is 30.5 Å².